The van der Waals surface area contributed by atoms with E-state index in [1.54, 1.807) is 78.9 Å². The van der Waals surface area contributed by atoms with Gasteiger partial charge in [-0.05, 0) is 54.8 Å². The van der Waals surface area contributed by atoms with Crippen LogP contribution in [0.4, 0.5) is 0 Å². The van der Waals surface area contributed by atoms with Gasteiger partial charge < -0.3 is 64.4 Å². The van der Waals surface area contributed by atoms with Crippen LogP contribution in [0.15, 0.2) is 102 Å². The number of hydrogen-bond donors (Lipinski definition) is 7. The van der Waals surface area contributed by atoms with Crippen molar-refractivity contribution < 1.29 is 83.0 Å². The maximum absolute atomic E-state index is 15.7. The van der Waals surface area contributed by atoms with Crippen molar-refractivity contribution in [2.24, 2.45) is 16.7 Å². The van der Waals surface area contributed by atoms with Gasteiger partial charge in [0.1, 0.15) is 48.3 Å². The summed E-state index contributed by atoms with van der Waals surface area (Å²) in [5.74, 6) is -6.29. The van der Waals surface area contributed by atoms with E-state index < -0.39 is 138 Å². The van der Waals surface area contributed by atoms with E-state index in [9.17, 15) is 49.8 Å². The number of carbonyl (C=O) groups is 5. The number of ether oxygens (including phenoxy) is 6. The van der Waals surface area contributed by atoms with Gasteiger partial charge in [-0.2, -0.15) is 0 Å². The van der Waals surface area contributed by atoms with Gasteiger partial charge in [0.2, 0.25) is 0 Å². The largest absolute Gasteiger partial charge is 0.456 e. The van der Waals surface area contributed by atoms with Gasteiger partial charge >= 0.3 is 17.9 Å². The number of nitrogens with one attached hydrogen (secondary N) is 1. The minimum absolute atomic E-state index is 0.0280. The summed E-state index contributed by atoms with van der Waals surface area (Å²) < 4.78 is 36.8. The molecule has 2 heterocycles. The number of amides is 1. The average Bonchev–Trinajstić information content (AvgIpc) is 3.31. The number of benzene rings is 3. The van der Waals surface area contributed by atoms with E-state index in [0.717, 1.165) is 6.92 Å². The molecule has 2 saturated carbocycles. The lowest BCUT2D eigenvalue weighted by Gasteiger charge is -2.68. The molecule has 15 atom stereocenters. The van der Waals surface area contributed by atoms with E-state index in [1.807, 2.05) is 0 Å². The van der Waals surface area contributed by atoms with Crippen LogP contribution in [0.3, 0.4) is 0 Å². The predicted octanol–water partition coefficient (Wildman–Crippen LogP) is 1.63. The zero-order valence-corrected chi connectivity index (χ0v) is 38.1. The Kier molecular flexibility index (Phi) is 13.3. The zero-order chi connectivity index (χ0) is 49.1. The van der Waals surface area contributed by atoms with Crippen molar-refractivity contribution in [3.8, 4) is 0 Å². The second-order valence-corrected chi connectivity index (χ2v) is 19.1. The fraction of sp³-hybridized carbons (Fsp3) is 0.500. The first kappa shape index (κ1) is 49.0. The molecular formula is C50H57NO17. The van der Waals surface area contributed by atoms with Crippen LogP contribution in [0.5, 0.6) is 0 Å². The molecule has 3 aromatic rings. The Morgan fingerprint density at radius 3 is 2.01 bits per heavy atom. The van der Waals surface area contributed by atoms with Crippen LogP contribution in [0.2, 0.25) is 0 Å². The molecule has 18 nitrogen and oxygen atoms in total. The second-order valence-electron chi connectivity index (χ2n) is 19.1. The Morgan fingerprint density at radius 1 is 0.824 bits per heavy atom. The van der Waals surface area contributed by atoms with Crippen LogP contribution in [-0.4, -0.2) is 146 Å². The molecule has 2 unspecified atom stereocenters. The average molecular weight is 944 g/mol. The van der Waals surface area contributed by atoms with Gasteiger partial charge in [-0.1, -0.05) is 80.6 Å². The number of hydrogen-bond acceptors (Lipinski definition) is 17. The molecule has 364 valence electrons. The quantitative estimate of drug-likeness (QED) is 0.0818. The molecule has 18 heteroatoms. The first-order valence-corrected chi connectivity index (χ1v) is 22.5. The Bertz CT molecular complexity index is 2430. The van der Waals surface area contributed by atoms with Gasteiger partial charge in [0.05, 0.1) is 42.3 Å². The summed E-state index contributed by atoms with van der Waals surface area (Å²) in [6.45, 7) is 6.21. The van der Waals surface area contributed by atoms with Gasteiger partial charge in [-0.15, -0.1) is 0 Å². The summed E-state index contributed by atoms with van der Waals surface area (Å²) in [5, 5.41) is 72.9. The molecule has 0 spiro atoms. The summed E-state index contributed by atoms with van der Waals surface area (Å²) in [6.07, 6.45) is -17.8. The summed E-state index contributed by atoms with van der Waals surface area (Å²) in [5.41, 5.74) is -7.60. The Labute approximate surface area is 391 Å². The lowest BCUT2D eigenvalue weighted by atomic mass is 9.44. The molecule has 7 N–H and O–H groups in total. The van der Waals surface area contributed by atoms with E-state index >= 15 is 4.79 Å². The van der Waals surface area contributed by atoms with Gasteiger partial charge in [-0.3, -0.25) is 14.4 Å². The monoisotopic (exact) mass is 943 g/mol. The molecule has 5 aliphatic rings. The standard InChI is InChI=1S/C50H57NO17/c1-25-31(65-45(61)38(56)35(27-15-9-6-10-16-27)51-43(59)28-17-11-7-12-18-28)22-50(62)42(67-44(60)29-19-13-8-14-20-29)40-48(5,41(58)37(55)34(25)47(50,3)4)32(21-33-49(40,24-64-33)68-26(2)52)66-46-39(57)36(54)30(53)23-63-46/h6-20,30-33,35-40,42,46,53-57,62H,21-24H2,1-5H3,(H,51,59)/t30-,31+,32+,33-,35+,36+,37-,38-,39-,40?,42+,46?,48-,49+,50-/m1/s1. The van der Waals surface area contributed by atoms with E-state index in [2.05, 4.69) is 5.32 Å². The minimum atomic E-state index is -2.47. The number of esters is 3. The first-order chi connectivity index (χ1) is 32.2. The van der Waals surface area contributed by atoms with Crippen molar-refractivity contribution >= 4 is 29.6 Å². The van der Waals surface area contributed by atoms with Crippen molar-refractivity contribution in [2.45, 2.75) is 126 Å². The molecule has 3 aliphatic carbocycles. The number of fused-ring (bicyclic) bond motifs is 5. The fourth-order valence-electron chi connectivity index (χ4n) is 11.2. The van der Waals surface area contributed by atoms with Gasteiger partial charge in [-0.25, -0.2) is 9.59 Å². The van der Waals surface area contributed by atoms with Crippen molar-refractivity contribution in [1.82, 2.24) is 5.32 Å². The summed E-state index contributed by atoms with van der Waals surface area (Å²) in [4.78, 5) is 71.3. The molecule has 2 saturated heterocycles. The summed E-state index contributed by atoms with van der Waals surface area (Å²) in [7, 11) is 0. The van der Waals surface area contributed by atoms with E-state index in [4.69, 9.17) is 28.4 Å². The first-order valence-electron chi connectivity index (χ1n) is 22.5. The molecule has 0 aromatic heterocycles. The minimum Gasteiger partial charge on any atom is -0.456 e. The third-order valence-electron chi connectivity index (χ3n) is 14.9. The third-order valence-corrected chi connectivity index (χ3v) is 14.9. The highest BCUT2D eigenvalue weighted by atomic mass is 16.7. The maximum atomic E-state index is 15.7. The number of ketones is 1. The fourth-order valence-corrected chi connectivity index (χ4v) is 11.2. The molecule has 0 radical (unpaired) electrons. The van der Waals surface area contributed by atoms with Gasteiger partial charge in [0, 0.05) is 30.7 Å². The number of aliphatic hydroxyl groups excluding tert-OH is 5. The second kappa shape index (κ2) is 18.5. The predicted molar refractivity (Wildman–Crippen MR) is 235 cm³/mol. The molecule has 1 amide bonds. The van der Waals surface area contributed by atoms with Crippen LogP contribution in [0, 0.1) is 16.7 Å². The highest BCUT2D eigenvalue weighted by Crippen LogP contribution is 2.65. The van der Waals surface area contributed by atoms with Crippen LogP contribution in [-0.2, 0) is 42.8 Å². The normalized spacial score (nSPS) is 36.0. The maximum Gasteiger partial charge on any atom is 0.338 e. The summed E-state index contributed by atoms with van der Waals surface area (Å²) in [6, 6.07) is 22.7. The molecule has 2 bridgehead atoms. The molecule has 68 heavy (non-hydrogen) atoms. The van der Waals surface area contributed by atoms with Crippen molar-refractivity contribution in [2.75, 3.05) is 13.2 Å². The number of rotatable bonds is 11. The van der Waals surface area contributed by atoms with E-state index in [0.29, 0.717) is 5.56 Å². The third kappa shape index (κ3) is 8.14. The number of aliphatic hydroxyl groups is 6. The van der Waals surface area contributed by atoms with Crippen molar-refractivity contribution in [1.29, 1.82) is 0 Å². The highest BCUT2D eigenvalue weighted by molar-refractivity contribution is 5.95. The molecule has 3 aromatic carbocycles. The van der Waals surface area contributed by atoms with Crippen molar-refractivity contribution in [3.05, 3.63) is 119 Å². The van der Waals surface area contributed by atoms with Gasteiger partial charge in [0.15, 0.2) is 23.8 Å². The molecule has 8 rings (SSSR count). The van der Waals surface area contributed by atoms with Crippen LogP contribution in [0.1, 0.15) is 79.8 Å². The summed E-state index contributed by atoms with van der Waals surface area (Å²) >= 11 is 0. The van der Waals surface area contributed by atoms with E-state index in [1.165, 1.54) is 39.8 Å². The topological polar surface area (TPSA) is 274 Å². The van der Waals surface area contributed by atoms with Crippen LogP contribution >= 0.6 is 0 Å². The zero-order valence-electron chi connectivity index (χ0n) is 38.1. The van der Waals surface area contributed by atoms with Crippen LogP contribution < -0.4 is 5.32 Å². The Hall–Kier alpha value is -5.41. The Balaban J connectivity index is 1.26. The highest BCUT2D eigenvalue weighted by Gasteiger charge is 2.78. The Morgan fingerprint density at radius 2 is 1.43 bits per heavy atom. The van der Waals surface area contributed by atoms with E-state index in [-0.39, 0.29) is 35.3 Å². The molecule has 4 fully saturated rings. The van der Waals surface area contributed by atoms with Crippen LogP contribution in [0.25, 0.3) is 0 Å². The van der Waals surface area contributed by atoms with Gasteiger partial charge in [0.25, 0.3) is 5.91 Å². The molecule has 2 aliphatic heterocycles. The lowest BCUT2D eigenvalue weighted by molar-refractivity contribution is -0.366. The number of carbonyl (C=O) groups excluding carboxylic acids is 5. The smallest absolute Gasteiger partial charge is 0.338 e. The SMILES string of the molecule is CC(=O)O[C@@]12CO[C@@H]1C[C@H](OC1OC[C@@H](O)[C@H](O)[C@H]1O)[C@@]1(C)C(=O)[C@H](O)C3=C(C)[C@@H](OC(=O)[C@H](O)[C@@H](NC(=O)c4ccccc4)c4ccccc4)C[C@@](O)([C@@H](OC(=O)c4ccccc4)C12)C3(C)C. The number of Topliss-reactive ketones (excluding diaryl/α,β-unsaturated/α-hetero) is 1. The lowest BCUT2D eigenvalue weighted by Crippen LogP contribution is -2.82. The molecular weight excluding hydrogens is 887 g/mol. The van der Waals surface area contributed by atoms with Crippen molar-refractivity contribution in [3.63, 3.8) is 0 Å².